The third kappa shape index (κ3) is 3.63. The number of rotatable bonds is 6. The molecule has 0 aliphatic rings. The molecule has 7 nitrogen and oxygen atoms in total. The molecule has 1 amide bonds. The van der Waals surface area contributed by atoms with E-state index >= 15 is 0 Å². The molecule has 22 heavy (non-hydrogen) atoms. The number of thiophene rings is 1. The van der Waals surface area contributed by atoms with E-state index in [1.165, 1.54) is 11.3 Å². The van der Waals surface area contributed by atoms with Gasteiger partial charge in [-0.25, -0.2) is 4.79 Å². The van der Waals surface area contributed by atoms with Gasteiger partial charge in [0.05, 0.1) is 12.3 Å². The molecule has 120 valence electrons. The molecule has 2 aromatic heterocycles. The summed E-state index contributed by atoms with van der Waals surface area (Å²) in [4.78, 5) is 25.0. The van der Waals surface area contributed by atoms with E-state index < -0.39 is 5.97 Å². The molecule has 0 saturated heterocycles. The van der Waals surface area contributed by atoms with Gasteiger partial charge in [0.15, 0.2) is 6.61 Å². The van der Waals surface area contributed by atoms with E-state index in [9.17, 15) is 9.59 Å². The number of fused-ring (bicyclic) bond motifs is 1. The molecule has 2 aromatic rings. The zero-order valence-electron chi connectivity index (χ0n) is 13.0. The molecule has 0 aromatic carbocycles. The van der Waals surface area contributed by atoms with Crippen molar-refractivity contribution in [3.63, 3.8) is 0 Å². The molecule has 1 unspecified atom stereocenters. The number of ether oxygens (including phenoxy) is 2. The molecule has 0 aliphatic heterocycles. The fourth-order valence-electron chi connectivity index (χ4n) is 2.12. The first-order chi connectivity index (χ1) is 10.4. The lowest BCUT2D eigenvalue weighted by Gasteiger charge is -2.12. The fourth-order valence-corrected chi connectivity index (χ4v) is 3.13. The van der Waals surface area contributed by atoms with Crippen LogP contribution >= 0.6 is 11.3 Å². The summed E-state index contributed by atoms with van der Waals surface area (Å²) in [6.07, 6.45) is 0. The number of carbonyl (C=O) groups is 2. The fraction of sp³-hybridized carbons (Fsp3) is 0.500. The molecule has 0 spiro atoms. The largest absolute Gasteiger partial charge is 0.451 e. The maximum atomic E-state index is 12.0. The van der Waals surface area contributed by atoms with E-state index in [2.05, 4.69) is 10.4 Å². The smallest absolute Gasteiger partial charge is 0.348 e. The van der Waals surface area contributed by atoms with Crippen LogP contribution in [-0.4, -0.2) is 48.0 Å². The number of methoxy groups -OCH3 is 1. The number of aryl methyl sites for hydroxylation is 2. The molecule has 1 N–H and O–H groups in total. The van der Waals surface area contributed by atoms with E-state index in [1.807, 2.05) is 20.9 Å². The SMILES string of the molecule is COCC(C)NC(=O)COC(=O)c1cc2c(C)nn(C)c2s1. The molecular formula is C14H19N3O4S. The van der Waals surface area contributed by atoms with Crippen LogP contribution in [0.3, 0.4) is 0 Å². The van der Waals surface area contributed by atoms with Gasteiger partial charge >= 0.3 is 5.97 Å². The van der Waals surface area contributed by atoms with Crippen LogP contribution in [-0.2, 0) is 21.3 Å². The van der Waals surface area contributed by atoms with Gasteiger partial charge in [-0.3, -0.25) is 9.48 Å². The lowest BCUT2D eigenvalue weighted by Crippen LogP contribution is -2.38. The minimum Gasteiger partial charge on any atom is -0.451 e. The molecule has 0 fully saturated rings. The highest BCUT2D eigenvalue weighted by molar-refractivity contribution is 7.20. The Balaban J connectivity index is 1.94. The van der Waals surface area contributed by atoms with Crippen LogP contribution in [0.15, 0.2) is 6.07 Å². The Labute approximate surface area is 132 Å². The highest BCUT2D eigenvalue weighted by Crippen LogP contribution is 2.27. The predicted octanol–water partition coefficient (Wildman–Crippen LogP) is 1.25. The minimum atomic E-state index is -0.504. The standard InChI is InChI=1S/C14H19N3O4S/c1-8(6-20-4)15-12(18)7-21-14(19)11-5-10-9(2)16-17(3)13(10)22-11/h5,8H,6-7H2,1-4H3,(H,15,18). The van der Waals surface area contributed by atoms with Gasteiger partial charge in [-0.1, -0.05) is 0 Å². The number of nitrogens with zero attached hydrogens (tertiary/aromatic N) is 2. The molecule has 2 rings (SSSR count). The highest BCUT2D eigenvalue weighted by atomic mass is 32.1. The maximum absolute atomic E-state index is 12.0. The first-order valence-corrected chi connectivity index (χ1v) is 7.62. The lowest BCUT2D eigenvalue weighted by atomic mass is 10.3. The van der Waals surface area contributed by atoms with Gasteiger partial charge in [0.2, 0.25) is 0 Å². The normalized spacial score (nSPS) is 12.4. The van der Waals surface area contributed by atoms with E-state index in [1.54, 1.807) is 17.9 Å². The summed E-state index contributed by atoms with van der Waals surface area (Å²) < 4.78 is 11.7. The Hall–Kier alpha value is -1.93. The van der Waals surface area contributed by atoms with Gasteiger partial charge in [-0.05, 0) is 19.9 Å². The summed E-state index contributed by atoms with van der Waals surface area (Å²) in [7, 11) is 3.38. The quantitative estimate of drug-likeness (QED) is 0.808. The van der Waals surface area contributed by atoms with E-state index in [0.717, 1.165) is 15.9 Å². The van der Waals surface area contributed by atoms with Crippen LogP contribution in [0.25, 0.3) is 10.2 Å². The second kappa shape index (κ2) is 6.89. The van der Waals surface area contributed by atoms with Crippen LogP contribution in [0.4, 0.5) is 0 Å². The molecule has 0 aliphatic carbocycles. The second-order valence-corrected chi connectivity index (χ2v) is 6.07. The highest BCUT2D eigenvalue weighted by Gasteiger charge is 2.17. The Morgan fingerprint density at radius 2 is 2.23 bits per heavy atom. The third-order valence-corrected chi connectivity index (χ3v) is 4.24. The molecule has 2 heterocycles. The maximum Gasteiger partial charge on any atom is 0.348 e. The molecule has 0 radical (unpaired) electrons. The number of amides is 1. The van der Waals surface area contributed by atoms with Crippen LogP contribution in [0, 0.1) is 6.92 Å². The lowest BCUT2D eigenvalue weighted by molar-refractivity contribution is -0.125. The Kier molecular flexibility index (Phi) is 5.15. The molecular weight excluding hydrogens is 306 g/mol. The van der Waals surface area contributed by atoms with Crippen molar-refractivity contribution in [2.75, 3.05) is 20.3 Å². The van der Waals surface area contributed by atoms with Gasteiger partial charge in [0.1, 0.15) is 9.71 Å². The second-order valence-electron chi connectivity index (χ2n) is 5.04. The van der Waals surface area contributed by atoms with Crippen molar-refractivity contribution in [3.05, 3.63) is 16.6 Å². The van der Waals surface area contributed by atoms with E-state index in [0.29, 0.717) is 11.5 Å². The average molecular weight is 325 g/mol. The number of aromatic nitrogens is 2. The molecule has 1 atom stereocenters. The van der Waals surface area contributed by atoms with E-state index in [-0.39, 0.29) is 18.6 Å². The van der Waals surface area contributed by atoms with Crippen LogP contribution in [0.1, 0.15) is 22.3 Å². The summed E-state index contributed by atoms with van der Waals surface area (Å²) in [6, 6.07) is 1.62. The Morgan fingerprint density at radius 1 is 1.50 bits per heavy atom. The summed E-state index contributed by atoms with van der Waals surface area (Å²) in [5.41, 5.74) is 0.860. The van der Waals surface area contributed by atoms with Crippen molar-refractivity contribution in [1.82, 2.24) is 15.1 Å². The number of hydrogen-bond donors (Lipinski definition) is 1. The monoisotopic (exact) mass is 325 g/mol. The number of esters is 1. The van der Waals surface area contributed by atoms with Crippen LogP contribution < -0.4 is 5.32 Å². The minimum absolute atomic E-state index is 0.130. The predicted molar refractivity (Wildman–Crippen MR) is 83.1 cm³/mol. The van der Waals surface area contributed by atoms with Crippen molar-refractivity contribution in [2.45, 2.75) is 19.9 Å². The van der Waals surface area contributed by atoms with Gasteiger partial charge in [0.25, 0.3) is 5.91 Å². The van der Waals surface area contributed by atoms with Crippen molar-refractivity contribution < 1.29 is 19.1 Å². The van der Waals surface area contributed by atoms with Crippen molar-refractivity contribution in [1.29, 1.82) is 0 Å². The van der Waals surface area contributed by atoms with Gasteiger partial charge in [0, 0.05) is 25.6 Å². The zero-order valence-corrected chi connectivity index (χ0v) is 13.8. The van der Waals surface area contributed by atoms with Crippen molar-refractivity contribution >= 4 is 33.4 Å². The van der Waals surface area contributed by atoms with E-state index in [4.69, 9.17) is 9.47 Å². The Morgan fingerprint density at radius 3 is 2.86 bits per heavy atom. The Bertz CT molecular complexity index is 657. The van der Waals surface area contributed by atoms with Gasteiger partial charge < -0.3 is 14.8 Å². The first-order valence-electron chi connectivity index (χ1n) is 6.81. The summed E-state index contributed by atoms with van der Waals surface area (Å²) in [5.74, 6) is -0.855. The van der Waals surface area contributed by atoms with Crippen molar-refractivity contribution in [2.24, 2.45) is 7.05 Å². The van der Waals surface area contributed by atoms with Gasteiger partial charge in [-0.15, -0.1) is 11.3 Å². The number of hydrogen-bond acceptors (Lipinski definition) is 6. The van der Waals surface area contributed by atoms with Crippen molar-refractivity contribution in [3.8, 4) is 0 Å². The average Bonchev–Trinajstić information content (AvgIpc) is 2.99. The summed E-state index contributed by atoms with van der Waals surface area (Å²) in [5, 5.41) is 7.88. The summed E-state index contributed by atoms with van der Waals surface area (Å²) in [6.45, 7) is 3.79. The van der Waals surface area contributed by atoms with Crippen LogP contribution in [0.2, 0.25) is 0 Å². The van der Waals surface area contributed by atoms with Crippen LogP contribution in [0.5, 0.6) is 0 Å². The first kappa shape index (κ1) is 16.4. The topological polar surface area (TPSA) is 82.4 Å². The summed E-state index contributed by atoms with van der Waals surface area (Å²) >= 11 is 1.30. The molecule has 0 saturated carbocycles. The molecule has 0 bridgehead atoms. The number of nitrogens with one attached hydrogen (secondary N) is 1. The molecule has 8 heteroatoms. The zero-order chi connectivity index (χ0) is 16.3. The third-order valence-electron chi connectivity index (χ3n) is 3.06. The number of carbonyl (C=O) groups excluding carboxylic acids is 2. The van der Waals surface area contributed by atoms with Gasteiger partial charge in [-0.2, -0.15) is 5.10 Å².